The van der Waals surface area contributed by atoms with Crippen LogP contribution in [0.25, 0.3) is 0 Å². The zero-order valence-electron chi connectivity index (χ0n) is 12.7. The quantitative estimate of drug-likeness (QED) is 0.915. The van der Waals surface area contributed by atoms with Crippen molar-refractivity contribution in [2.75, 3.05) is 19.5 Å². The number of amides is 1. The second-order valence-electron chi connectivity index (χ2n) is 5.74. The van der Waals surface area contributed by atoms with Gasteiger partial charge in [-0.1, -0.05) is 19.8 Å². The summed E-state index contributed by atoms with van der Waals surface area (Å²) in [6, 6.07) is 3.70. The number of ether oxygens (including phenoxy) is 2. The van der Waals surface area contributed by atoms with Crippen molar-refractivity contribution in [1.82, 2.24) is 0 Å². The molecule has 0 aliphatic heterocycles. The Morgan fingerprint density at radius 1 is 1.15 bits per heavy atom. The molecule has 1 fully saturated rings. The van der Waals surface area contributed by atoms with Crippen LogP contribution in [-0.4, -0.2) is 20.1 Å². The molecule has 0 atom stereocenters. The third kappa shape index (κ3) is 2.74. The second kappa shape index (κ2) is 5.73. The molecule has 4 nitrogen and oxygen atoms in total. The van der Waals surface area contributed by atoms with E-state index >= 15 is 0 Å². The fourth-order valence-corrected chi connectivity index (χ4v) is 2.77. The van der Waals surface area contributed by atoms with Gasteiger partial charge in [-0.15, -0.1) is 0 Å². The molecule has 0 bridgehead atoms. The molecular weight excluding hydrogens is 254 g/mol. The average Bonchev–Trinajstić information content (AvgIpc) is 2.88. The molecule has 0 saturated heterocycles. The first kappa shape index (κ1) is 14.7. The summed E-state index contributed by atoms with van der Waals surface area (Å²) in [7, 11) is 3.20. The van der Waals surface area contributed by atoms with Crippen molar-refractivity contribution in [1.29, 1.82) is 0 Å². The third-order valence-corrected chi connectivity index (χ3v) is 4.23. The van der Waals surface area contributed by atoms with Crippen LogP contribution >= 0.6 is 0 Å². The predicted octanol–water partition coefficient (Wildman–Crippen LogP) is 3.53. The lowest BCUT2D eigenvalue weighted by Crippen LogP contribution is -2.31. The van der Waals surface area contributed by atoms with Gasteiger partial charge in [0.25, 0.3) is 0 Å². The molecule has 0 radical (unpaired) electrons. The molecule has 1 aliphatic rings. The number of benzene rings is 1. The molecule has 1 aliphatic carbocycles. The topological polar surface area (TPSA) is 47.6 Å². The highest BCUT2D eigenvalue weighted by atomic mass is 16.5. The van der Waals surface area contributed by atoms with Crippen LogP contribution < -0.4 is 14.8 Å². The minimum atomic E-state index is -0.237. The van der Waals surface area contributed by atoms with Crippen LogP contribution in [0.5, 0.6) is 11.5 Å². The van der Waals surface area contributed by atoms with Crippen LogP contribution in [0.2, 0.25) is 0 Å². The van der Waals surface area contributed by atoms with Crippen molar-refractivity contribution in [2.24, 2.45) is 5.41 Å². The van der Waals surface area contributed by atoms with E-state index in [1.54, 1.807) is 14.2 Å². The summed E-state index contributed by atoms with van der Waals surface area (Å²) in [6.45, 7) is 4.00. The number of hydrogen-bond acceptors (Lipinski definition) is 3. The summed E-state index contributed by atoms with van der Waals surface area (Å²) >= 11 is 0. The molecule has 1 saturated carbocycles. The summed E-state index contributed by atoms with van der Waals surface area (Å²) < 4.78 is 10.5. The van der Waals surface area contributed by atoms with Crippen LogP contribution in [0.4, 0.5) is 5.69 Å². The van der Waals surface area contributed by atoms with Gasteiger partial charge in [0.05, 0.1) is 14.2 Å². The zero-order valence-corrected chi connectivity index (χ0v) is 12.7. The van der Waals surface area contributed by atoms with Gasteiger partial charge >= 0.3 is 0 Å². The Labute approximate surface area is 120 Å². The molecule has 2 rings (SSSR count). The van der Waals surface area contributed by atoms with Crippen molar-refractivity contribution in [3.63, 3.8) is 0 Å². The van der Waals surface area contributed by atoms with E-state index in [4.69, 9.17) is 9.47 Å². The number of rotatable bonds is 4. The average molecular weight is 277 g/mol. The molecular formula is C16H23NO3. The van der Waals surface area contributed by atoms with Crippen LogP contribution in [0.1, 0.15) is 38.2 Å². The molecule has 1 aromatic rings. The number of nitrogens with one attached hydrogen (secondary N) is 1. The van der Waals surface area contributed by atoms with E-state index in [-0.39, 0.29) is 11.3 Å². The highest BCUT2D eigenvalue weighted by Gasteiger charge is 2.36. The van der Waals surface area contributed by atoms with E-state index in [2.05, 4.69) is 5.32 Å². The lowest BCUT2D eigenvalue weighted by Gasteiger charge is -2.23. The molecule has 4 heteroatoms. The molecule has 0 spiro atoms. The van der Waals surface area contributed by atoms with Crippen molar-refractivity contribution in [3.8, 4) is 11.5 Å². The lowest BCUT2D eigenvalue weighted by atomic mass is 9.87. The summed E-state index contributed by atoms with van der Waals surface area (Å²) in [4.78, 5) is 12.5. The van der Waals surface area contributed by atoms with E-state index in [9.17, 15) is 4.79 Å². The molecule has 0 aromatic heterocycles. The Bertz CT molecular complexity index is 505. The van der Waals surface area contributed by atoms with Crippen LogP contribution in [-0.2, 0) is 4.79 Å². The Hall–Kier alpha value is -1.71. The maximum Gasteiger partial charge on any atom is 0.230 e. The summed E-state index contributed by atoms with van der Waals surface area (Å²) in [5.41, 5.74) is 1.53. The van der Waals surface area contributed by atoms with Crippen LogP contribution in [0.3, 0.4) is 0 Å². The first-order valence-electron chi connectivity index (χ1n) is 7.04. The number of hydrogen-bond donors (Lipinski definition) is 1. The first-order valence-corrected chi connectivity index (χ1v) is 7.04. The molecule has 110 valence electrons. The van der Waals surface area contributed by atoms with E-state index in [1.165, 1.54) is 0 Å². The molecule has 20 heavy (non-hydrogen) atoms. The maximum absolute atomic E-state index is 12.5. The Morgan fingerprint density at radius 3 is 2.25 bits per heavy atom. The van der Waals surface area contributed by atoms with Gasteiger partial charge in [0, 0.05) is 17.2 Å². The van der Waals surface area contributed by atoms with Crippen molar-refractivity contribution in [3.05, 3.63) is 17.7 Å². The van der Waals surface area contributed by atoms with Gasteiger partial charge in [0.1, 0.15) is 0 Å². The fraction of sp³-hybridized carbons (Fsp3) is 0.562. The van der Waals surface area contributed by atoms with Gasteiger partial charge in [-0.05, 0) is 31.4 Å². The SMILES string of the molecule is COc1cc(C)c(NC(=O)C2(C)CCCC2)cc1OC. The Kier molecular flexibility index (Phi) is 4.21. The van der Waals surface area contributed by atoms with Crippen molar-refractivity contribution < 1.29 is 14.3 Å². The first-order chi connectivity index (χ1) is 9.50. The molecule has 1 aromatic carbocycles. The molecule has 0 unspecified atom stereocenters. The minimum absolute atomic E-state index is 0.102. The van der Waals surface area contributed by atoms with E-state index in [0.717, 1.165) is 36.9 Å². The van der Waals surface area contributed by atoms with E-state index in [0.29, 0.717) is 11.5 Å². The largest absolute Gasteiger partial charge is 0.493 e. The van der Waals surface area contributed by atoms with Gasteiger partial charge in [-0.2, -0.15) is 0 Å². The van der Waals surface area contributed by atoms with Gasteiger partial charge in [-0.3, -0.25) is 4.79 Å². The van der Waals surface area contributed by atoms with Crippen LogP contribution in [0.15, 0.2) is 12.1 Å². The normalized spacial score (nSPS) is 16.8. The summed E-state index contributed by atoms with van der Waals surface area (Å²) in [5.74, 6) is 1.41. The highest BCUT2D eigenvalue weighted by molar-refractivity contribution is 5.96. The van der Waals surface area contributed by atoms with Gasteiger partial charge in [-0.25, -0.2) is 0 Å². The monoisotopic (exact) mass is 277 g/mol. The number of methoxy groups -OCH3 is 2. The van der Waals surface area contributed by atoms with Crippen LogP contribution in [0, 0.1) is 12.3 Å². The lowest BCUT2D eigenvalue weighted by molar-refractivity contribution is -0.124. The van der Waals surface area contributed by atoms with Gasteiger partial charge in [0.15, 0.2) is 11.5 Å². The van der Waals surface area contributed by atoms with E-state index < -0.39 is 0 Å². The number of aryl methyl sites for hydroxylation is 1. The third-order valence-electron chi connectivity index (χ3n) is 4.23. The standard InChI is InChI=1S/C16H23NO3/c1-11-9-13(19-3)14(20-4)10-12(11)17-15(18)16(2)7-5-6-8-16/h9-10H,5-8H2,1-4H3,(H,17,18). The molecule has 1 N–H and O–H groups in total. The van der Waals surface area contributed by atoms with Gasteiger partial charge in [0.2, 0.25) is 5.91 Å². The number of carbonyl (C=O) groups excluding carboxylic acids is 1. The molecule has 0 heterocycles. The highest BCUT2D eigenvalue weighted by Crippen LogP contribution is 2.39. The van der Waals surface area contributed by atoms with Gasteiger partial charge < -0.3 is 14.8 Å². The summed E-state index contributed by atoms with van der Waals surface area (Å²) in [6.07, 6.45) is 4.19. The predicted molar refractivity (Wildman–Crippen MR) is 79.5 cm³/mol. The number of carbonyl (C=O) groups is 1. The van der Waals surface area contributed by atoms with Crippen molar-refractivity contribution >= 4 is 11.6 Å². The number of anilines is 1. The molecule has 1 amide bonds. The smallest absolute Gasteiger partial charge is 0.230 e. The Morgan fingerprint density at radius 2 is 1.70 bits per heavy atom. The Balaban J connectivity index is 2.23. The summed E-state index contributed by atoms with van der Waals surface area (Å²) in [5, 5.41) is 3.04. The zero-order chi connectivity index (χ0) is 14.8. The minimum Gasteiger partial charge on any atom is -0.493 e. The maximum atomic E-state index is 12.5. The second-order valence-corrected chi connectivity index (χ2v) is 5.74. The fourth-order valence-electron chi connectivity index (χ4n) is 2.77. The van der Waals surface area contributed by atoms with Crippen molar-refractivity contribution in [2.45, 2.75) is 39.5 Å². The van der Waals surface area contributed by atoms with E-state index in [1.807, 2.05) is 26.0 Å².